The Hall–Kier alpha value is 0.117. The lowest BCUT2D eigenvalue weighted by atomic mass is 10.9. The first-order valence-electron chi connectivity index (χ1n) is 4.37. The Morgan fingerprint density at radius 2 is 1.43 bits per heavy atom. The number of rotatable bonds is 8. The lowest BCUT2D eigenvalue weighted by Gasteiger charge is -2.20. The van der Waals surface area contributed by atoms with E-state index < -0.39 is 17.3 Å². The van der Waals surface area contributed by atoms with Crippen LogP contribution in [0.5, 0.6) is 0 Å². The van der Waals surface area contributed by atoms with E-state index in [1.54, 1.807) is 20.8 Å². The maximum Gasteiger partial charge on any atom is 0.728 e. The molecule has 0 aliphatic rings. The second kappa shape index (κ2) is 7.41. The lowest BCUT2D eigenvalue weighted by molar-refractivity contribution is 0.00925. The Morgan fingerprint density at radius 1 is 1.07 bits per heavy atom. The van der Waals surface area contributed by atoms with Crippen molar-refractivity contribution in [1.29, 1.82) is 0 Å². The summed E-state index contributed by atoms with van der Waals surface area (Å²) in [6.07, 6.45) is 0. The van der Waals surface area contributed by atoms with E-state index in [2.05, 4.69) is 0 Å². The third-order valence-corrected chi connectivity index (χ3v) is 4.60. The predicted octanol–water partition coefficient (Wildman–Crippen LogP) is 1.20. The van der Waals surface area contributed by atoms with E-state index in [0.717, 1.165) is 0 Å². The van der Waals surface area contributed by atoms with Crippen molar-refractivity contribution in [2.45, 2.75) is 20.8 Å². The second-order valence-corrected chi connectivity index (χ2v) is 5.20. The fourth-order valence-corrected chi connectivity index (χ4v) is 3.54. The summed E-state index contributed by atoms with van der Waals surface area (Å²) < 4.78 is 30.7. The van der Waals surface area contributed by atoms with Gasteiger partial charge in [0.15, 0.2) is 0 Å². The highest BCUT2D eigenvalue weighted by Crippen LogP contribution is 2.25. The van der Waals surface area contributed by atoms with Gasteiger partial charge in [-0.3, -0.25) is 0 Å². The van der Waals surface area contributed by atoms with E-state index in [0.29, 0.717) is 19.8 Å². The maximum absolute atomic E-state index is 10.6. The lowest BCUT2D eigenvalue weighted by Crippen LogP contribution is -2.47. The molecule has 1 unspecified atom stereocenters. The molecule has 0 spiro atoms. The van der Waals surface area contributed by atoms with Gasteiger partial charge in [-0.1, -0.05) is 4.21 Å². The van der Waals surface area contributed by atoms with Gasteiger partial charge in [0.05, 0.1) is 0 Å². The maximum atomic E-state index is 10.6. The van der Waals surface area contributed by atoms with E-state index in [1.165, 1.54) is 0 Å². The molecule has 0 aromatic carbocycles. The van der Waals surface area contributed by atoms with E-state index in [4.69, 9.17) is 22.4 Å². The van der Waals surface area contributed by atoms with Gasteiger partial charge in [0.25, 0.3) is 0 Å². The van der Waals surface area contributed by atoms with Crippen molar-refractivity contribution in [3.05, 3.63) is 0 Å². The molecule has 0 fully saturated rings. The summed E-state index contributed by atoms with van der Waals surface area (Å²) in [5.41, 5.74) is 0. The molecular formula is C6H16O6PSi+. The molecule has 0 aliphatic heterocycles. The molecule has 6 nitrogen and oxygen atoms in total. The second-order valence-electron chi connectivity index (χ2n) is 2.13. The summed E-state index contributed by atoms with van der Waals surface area (Å²) in [7, 11) is -6.18. The fraction of sp³-hybridized carbons (Fsp3) is 1.00. The Balaban J connectivity index is 4.45. The molecule has 0 saturated carbocycles. The van der Waals surface area contributed by atoms with Crippen LogP contribution in [0.25, 0.3) is 0 Å². The van der Waals surface area contributed by atoms with E-state index in [9.17, 15) is 4.57 Å². The normalized spacial score (nSPS) is 13.0. The molecule has 0 saturated heterocycles. The molecule has 0 bridgehead atoms. The van der Waals surface area contributed by atoms with Crippen molar-refractivity contribution in [3.8, 4) is 0 Å². The van der Waals surface area contributed by atoms with Gasteiger partial charge in [0.2, 0.25) is 0 Å². The van der Waals surface area contributed by atoms with Gasteiger partial charge in [-0.15, -0.1) is 4.89 Å². The van der Waals surface area contributed by atoms with E-state index in [-0.39, 0.29) is 0 Å². The van der Waals surface area contributed by atoms with Crippen molar-refractivity contribution in [2.75, 3.05) is 19.8 Å². The van der Waals surface area contributed by atoms with Crippen LogP contribution in [0.2, 0.25) is 0 Å². The first-order chi connectivity index (χ1) is 6.60. The van der Waals surface area contributed by atoms with Crippen LogP contribution < -0.4 is 0 Å². The molecule has 0 heterocycles. The van der Waals surface area contributed by atoms with Gasteiger partial charge >= 0.3 is 17.3 Å². The Kier molecular flexibility index (Phi) is 7.48. The highest BCUT2D eigenvalue weighted by Gasteiger charge is 2.53. The van der Waals surface area contributed by atoms with Gasteiger partial charge in [0.1, 0.15) is 0 Å². The van der Waals surface area contributed by atoms with Crippen LogP contribution >= 0.6 is 8.25 Å². The third-order valence-electron chi connectivity index (χ3n) is 1.15. The van der Waals surface area contributed by atoms with Crippen LogP contribution in [0.15, 0.2) is 0 Å². The molecule has 8 heteroatoms. The summed E-state index contributed by atoms with van der Waals surface area (Å²) in [5, 5.41) is 0. The summed E-state index contributed by atoms with van der Waals surface area (Å²) >= 11 is 0. The van der Waals surface area contributed by atoms with Crippen molar-refractivity contribution in [2.24, 2.45) is 0 Å². The zero-order chi connectivity index (χ0) is 11.0. The third kappa shape index (κ3) is 5.11. The Morgan fingerprint density at radius 3 is 1.64 bits per heavy atom. The summed E-state index contributed by atoms with van der Waals surface area (Å²) in [6, 6.07) is 0. The smallest absolute Gasteiger partial charge is 0.349 e. The summed E-state index contributed by atoms with van der Waals surface area (Å²) in [5.74, 6) is 0. The van der Waals surface area contributed by atoms with E-state index >= 15 is 0 Å². The van der Waals surface area contributed by atoms with Crippen LogP contribution in [-0.2, 0) is 22.1 Å². The minimum atomic E-state index is -3.39. The van der Waals surface area contributed by atoms with Gasteiger partial charge < -0.3 is 13.3 Å². The summed E-state index contributed by atoms with van der Waals surface area (Å²) in [4.78, 5) is 8.65. The summed E-state index contributed by atoms with van der Waals surface area (Å²) in [6.45, 7) is 6.09. The molecular weight excluding hydrogens is 227 g/mol. The van der Waals surface area contributed by atoms with Crippen molar-refractivity contribution >= 4 is 17.3 Å². The van der Waals surface area contributed by atoms with Crippen LogP contribution in [0.4, 0.5) is 0 Å². The fourth-order valence-electron chi connectivity index (χ4n) is 0.830. The van der Waals surface area contributed by atoms with E-state index in [1.807, 2.05) is 0 Å². The number of hydrogen-bond donors (Lipinski definition) is 1. The van der Waals surface area contributed by atoms with Gasteiger partial charge in [-0.05, 0) is 20.8 Å². The monoisotopic (exact) mass is 243 g/mol. The van der Waals surface area contributed by atoms with Crippen LogP contribution in [-0.4, -0.2) is 33.8 Å². The number of hydrogen-bond acceptors (Lipinski definition) is 5. The zero-order valence-electron chi connectivity index (χ0n) is 8.56. The minimum Gasteiger partial charge on any atom is -0.349 e. The Labute approximate surface area is 85.6 Å². The first-order valence-corrected chi connectivity index (χ1v) is 7.13. The predicted molar refractivity (Wildman–Crippen MR) is 51.5 cm³/mol. The topological polar surface area (TPSA) is 74.2 Å². The van der Waals surface area contributed by atoms with Crippen LogP contribution in [0.1, 0.15) is 20.8 Å². The van der Waals surface area contributed by atoms with Crippen molar-refractivity contribution in [1.82, 2.24) is 0 Å². The van der Waals surface area contributed by atoms with Gasteiger partial charge in [-0.25, -0.2) is 0 Å². The van der Waals surface area contributed by atoms with Gasteiger partial charge in [-0.2, -0.15) is 0 Å². The molecule has 1 N–H and O–H groups in total. The molecule has 14 heavy (non-hydrogen) atoms. The standard InChI is InChI=1S/C6H15O6PSi/c1-4-9-14(10-5-2,11-6-3)12-13(7)8/h4-6H2,1-3H3/p+1. The van der Waals surface area contributed by atoms with Gasteiger partial charge in [0, 0.05) is 24.4 Å². The van der Waals surface area contributed by atoms with Crippen molar-refractivity contribution in [3.63, 3.8) is 0 Å². The molecule has 0 amide bonds. The van der Waals surface area contributed by atoms with Crippen molar-refractivity contribution < 1.29 is 26.9 Å². The molecule has 0 aliphatic carbocycles. The highest BCUT2D eigenvalue weighted by molar-refractivity contribution is 7.34. The SMILES string of the molecule is CCO[Si](OCC)(OCC)O[P+](=O)O. The Bertz CT molecular complexity index is 161. The first kappa shape index (κ1) is 14.1. The van der Waals surface area contributed by atoms with Crippen LogP contribution in [0, 0.1) is 0 Å². The quantitative estimate of drug-likeness (QED) is 0.510. The molecule has 0 radical (unpaired) electrons. The zero-order valence-corrected chi connectivity index (χ0v) is 10.5. The molecule has 0 aromatic heterocycles. The molecule has 0 aromatic rings. The molecule has 84 valence electrons. The molecule has 0 rings (SSSR count). The van der Waals surface area contributed by atoms with Crippen LogP contribution in [0.3, 0.4) is 0 Å². The average molecular weight is 243 g/mol. The molecule has 1 atom stereocenters. The highest BCUT2D eigenvalue weighted by atomic mass is 31.1. The largest absolute Gasteiger partial charge is 0.728 e. The minimum absolute atomic E-state index is 0.301. The average Bonchev–Trinajstić information content (AvgIpc) is 2.03.